The number of ether oxygens (including phenoxy) is 1. The number of benzene rings is 1. The Hall–Kier alpha value is -1.92. The van der Waals surface area contributed by atoms with E-state index < -0.39 is 0 Å². The van der Waals surface area contributed by atoms with Crippen molar-refractivity contribution in [2.24, 2.45) is 0 Å². The van der Waals surface area contributed by atoms with Crippen LogP contribution < -0.4 is 5.32 Å². The van der Waals surface area contributed by atoms with E-state index in [2.05, 4.69) is 5.32 Å². The monoisotopic (exact) mass is 373 g/mol. The number of nitrogens with zero attached hydrogens (tertiary/aromatic N) is 2. The summed E-state index contributed by atoms with van der Waals surface area (Å²) >= 11 is 0. The minimum absolute atomic E-state index is 0.0770. The summed E-state index contributed by atoms with van der Waals surface area (Å²) in [7, 11) is 0. The van der Waals surface area contributed by atoms with Crippen molar-refractivity contribution in [2.45, 2.75) is 58.4 Å². The predicted molar refractivity (Wildman–Crippen MR) is 104 cm³/mol. The van der Waals surface area contributed by atoms with E-state index in [0.717, 1.165) is 38.0 Å². The Morgan fingerprint density at radius 2 is 1.63 bits per heavy atom. The minimum atomic E-state index is 0.0770. The van der Waals surface area contributed by atoms with Gasteiger partial charge >= 0.3 is 0 Å². The lowest BCUT2D eigenvalue weighted by atomic mass is 10.0. The average molecular weight is 373 g/mol. The molecule has 0 bridgehead atoms. The molecule has 0 radical (unpaired) electrons. The number of hydrogen-bond donors (Lipinski definition) is 1. The van der Waals surface area contributed by atoms with Crippen molar-refractivity contribution in [1.82, 2.24) is 15.1 Å². The summed E-state index contributed by atoms with van der Waals surface area (Å²) in [4.78, 5) is 27.9. The lowest BCUT2D eigenvalue weighted by molar-refractivity contribution is -0.129. The second-order valence-corrected chi connectivity index (χ2v) is 7.83. The molecule has 2 amide bonds. The average Bonchev–Trinajstić information content (AvgIpc) is 2.66. The third-order valence-electron chi connectivity index (χ3n) is 5.44. The number of amides is 2. The fourth-order valence-electron chi connectivity index (χ4n) is 3.95. The van der Waals surface area contributed by atoms with Crippen molar-refractivity contribution >= 4 is 11.8 Å². The van der Waals surface area contributed by atoms with Crippen LogP contribution in [-0.2, 0) is 16.1 Å². The number of likely N-dealkylation sites (tertiary alicyclic amines) is 1. The summed E-state index contributed by atoms with van der Waals surface area (Å²) in [5, 5.41) is 3.57. The molecule has 0 saturated carbocycles. The van der Waals surface area contributed by atoms with Crippen LogP contribution in [0.3, 0.4) is 0 Å². The standard InChI is InChI=1S/C21H31N3O3/c1-15-13-24(14-16(2)27-15)21(26)19-6-4-18(5-7-19)12-22-20-8-10-23(11-9-20)17(3)25/h4-7,15-16,20,22H,8-14H2,1-3H3/t15-,16-/m0/s1. The van der Waals surface area contributed by atoms with Gasteiger partial charge in [0.15, 0.2) is 0 Å². The maximum Gasteiger partial charge on any atom is 0.254 e. The molecule has 1 N–H and O–H groups in total. The van der Waals surface area contributed by atoms with Crippen LogP contribution in [0, 0.1) is 0 Å². The van der Waals surface area contributed by atoms with Crippen LogP contribution in [0.5, 0.6) is 0 Å². The minimum Gasteiger partial charge on any atom is -0.372 e. The topological polar surface area (TPSA) is 61.9 Å². The van der Waals surface area contributed by atoms with Crippen LogP contribution in [0.4, 0.5) is 0 Å². The molecule has 2 aliphatic rings. The van der Waals surface area contributed by atoms with Gasteiger partial charge in [-0.05, 0) is 44.4 Å². The Morgan fingerprint density at radius 1 is 1.04 bits per heavy atom. The van der Waals surface area contributed by atoms with E-state index in [1.165, 1.54) is 5.56 Å². The molecule has 0 spiro atoms. The molecule has 0 aromatic heterocycles. The molecule has 6 nitrogen and oxygen atoms in total. The largest absolute Gasteiger partial charge is 0.372 e. The maximum absolute atomic E-state index is 12.7. The summed E-state index contributed by atoms with van der Waals surface area (Å²) in [5.41, 5.74) is 1.90. The summed E-state index contributed by atoms with van der Waals surface area (Å²) < 4.78 is 5.71. The van der Waals surface area contributed by atoms with Crippen molar-refractivity contribution in [3.05, 3.63) is 35.4 Å². The van der Waals surface area contributed by atoms with E-state index in [9.17, 15) is 9.59 Å². The summed E-state index contributed by atoms with van der Waals surface area (Å²) in [6.45, 7) is 9.38. The van der Waals surface area contributed by atoms with Crippen LogP contribution in [0.15, 0.2) is 24.3 Å². The van der Waals surface area contributed by atoms with Gasteiger partial charge < -0.3 is 19.9 Å². The molecule has 27 heavy (non-hydrogen) atoms. The first-order valence-corrected chi connectivity index (χ1v) is 9.95. The Labute approximate surface area is 161 Å². The van der Waals surface area contributed by atoms with Crippen LogP contribution in [0.1, 0.15) is 49.5 Å². The number of nitrogens with one attached hydrogen (secondary N) is 1. The van der Waals surface area contributed by atoms with Gasteiger partial charge in [0.05, 0.1) is 12.2 Å². The predicted octanol–water partition coefficient (Wildman–Crippen LogP) is 2.04. The van der Waals surface area contributed by atoms with E-state index in [4.69, 9.17) is 4.74 Å². The Kier molecular flexibility index (Phi) is 6.50. The van der Waals surface area contributed by atoms with Crippen molar-refractivity contribution in [3.8, 4) is 0 Å². The second kappa shape index (κ2) is 8.85. The van der Waals surface area contributed by atoms with E-state index in [-0.39, 0.29) is 24.0 Å². The molecule has 2 aliphatic heterocycles. The van der Waals surface area contributed by atoms with E-state index in [1.807, 2.05) is 47.9 Å². The van der Waals surface area contributed by atoms with Gasteiger partial charge in [0.1, 0.15) is 0 Å². The van der Waals surface area contributed by atoms with Gasteiger partial charge in [0, 0.05) is 51.3 Å². The van der Waals surface area contributed by atoms with E-state index in [0.29, 0.717) is 19.1 Å². The summed E-state index contributed by atoms with van der Waals surface area (Å²) in [6, 6.07) is 8.33. The molecule has 0 aliphatic carbocycles. The zero-order valence-corrected chi connectivity index (χ0v) is 16.6. The highest BCUT2D eigenvalue weighted by Gasteiger charge is 2.26. The molecular weight excluding hydrogens is 342 g/mol. The molecule has 0 unspecified atom stereocenters. The maximum atomic E-state index is 12.7. The molecule has 2 saturated heterocycles. The Morgan fingerprint density at radius 3 is 2.19 bits per heavy atom. The summed E-state index contributed by atoms with van der Waals surface area (Å²) in [6.07, 6.45) is 2.14. The number of carbonyl (C=O) groups is 2. The zero-order chi connectivity index (χ0) is 19.4. The first-order valence-electron chi connectivity index (χ1n) is 9.95. The fraction of sp³-hybridized carbons (Fsp3) is 0.619. The second-order valence-electron chi connectivity index (χ2n) is 7.83. The SMILES string of the molecule is CC(=O)N1CCC(NCc2ccc(C(=O)N3C[C@H](C)O[C@@H](C)C3)cc2)CC1. The molecule has 2 heterocycles. The van der Waals surface area contributed by atoms with Gasteiger partial charge in [-0.2, -0.15) is 0 Å². The van der Waals surface area contributed by atoms with Crippen LogP contribution in [0.2, 0.25) is 0 Å². The van der Waals surface area contributed by atoms with Gasteiger partial charge in [-0.1, -0.05) is 12.1 Å². The molecule has 6 heteroatoms. The van der Waals surface area contributed by atoms with Crippen LogP contribution in [0.25, 0.3) is 0 Å². The van der Waals surface area contributed by atoms with E-state index >= 15 is 0 Å². The van der Waals surface area contributed by atoms with Crippen LogP contribution in [-0.4, -0.2) is 66.0 Å². The number of morpholine rings is 1. The smallest absolute Gasteiger partial charge is 0.254 e. The van der Waals surface area contributed by atoms with Crippen molar-refractivity contribution < 1.29 is 14.3 Å². The quantitative estimate of drug-likeness (QED) is 0.877. The highest BCUT2D eigenvalue weighted by atomic mass is 16.5. The Bertz CT molecular complexity index is 643. The van der Waals surface area contributed by atoms with Gasteiger partial charge in [-0.3, -0.25) is 9.59 Å². The third kappa shape index (κ3) is 5.30. The van der Waals surface area contributed by atoms with Crippen LogP contribution >= 0.6 is 0 Å². The van der Waals surface area contributed by atoms with Crippen molar-refractivity contribution in [3.63, 3.8) is 0 Å². The highest BCUT2D eigenvalue weighted by molar-refractivity contribution is 5.94. The lowest BCUT2D eigenvalue weighted by Gasteiger charge is -2.35. The lowest BCUT2D eigenvalue weighted by Crippen LogP contribution is -2.48. The van der Waals surface area contributed by atoms with Crippen molar-refractivity contribution in [1.29, 1.82) is 0 Å². The number of carbonyl (C=O) groups excluding carboxylic acids is 2. The highest BCUT2D eigenvalue weighted by Crippen LogP contribution is 2.16. The summed E-state index contributed by atoms with van der Waals surface area (Å²) in [5.74, 6) is 0.242. The number of piperidine rings is 1. The Balaban J connectivity index is 1.49. The van der Waals surface area contributed by atoms with Gasteiger partial charge in [-0.15, -0.1) is 0 Å². The zero-order valence-electron chi connectivity index (χ0n) is 16.6. The molecular formula is C21H31N3O3. The molecule has 2 fully saturated rings. The van der Waals surface area contributed by atoms with Gasteiger partial charge in [-0.25, -0.2) is 0 Å². The van der Waals surface area contributed by atoms with Gasteiger partial charge in [0.2, 0.25) is 5.91 Å². The molecule has 2 atom stereocenters. The normalized spacial score (nSPS) is 24.1. The number of hydrogen-bond acceptors (Lipinski definition) is 4. The number of rotatable bonds is 4. The first-order chi connectivity index (χ1) is 12.9. The molecule has 3 rings (SSSR count). The molecule has 1 aromatic carbocycles. The van der Waals surface area contributed by atoms with E-state index in [1.54, 1.807) is 6.92 Å². The van der Waals surface area contributed by atoms with Gasteiger partial charge in [0.25, 0.3) is 5.91 Å². The molecule has 148 valence electrons. The molecule has 1 aromatic rings. The third-order valence-corrected chi connectivity index (χ3v) is 5.44. The van der Waals surface area contributed by atoms with Crippen molar-refractivity contribution in [2.75, 3.05) is 26.2 Å². The fourth-order valence-corrected chi connectivity index (χ4v) is 3.95. The first kappa shape index (κ1) is 19.8.